The molecule has 0 radical (unpaired) electrons. The van der Waals surface area contributed by atoms with E-state index in [4.69, 9.17) is 5.73 Å². The second-order valence-corrected chi connectivity index (χ2v) is 8.26. The summed E-state index contributed by atoms with van der Waals surface area (Å²) >= 11 is 0. The zero-order valence-corrected chi connectivity index (χ0v) is 14.9. The Labute approximate surface area is 138 Å². The maximum Gasteiger partial charge on any atom is 0.325 e. The molecule has 1 aliphatic rings. The van der Waals surface area contributed by atoms with E-state index >= 15 is 0 Å². The first-order valence-electron chi connectivity index (χ1n) is 7.89. The minimum atomic E-state index is -1.04. The van der Waals surface area contributed by atoms with Crippen molar-refractivity contribution in [2.24, 2.45) is 5.73 Å². The van der Waals surface area contributed by atoms with Crippen molar-refractivity contribution in [2.75, 3.05) is 6.54 Å². The molecule has 0 spiro atoms. The van der Waals surface area contributed by atoms with Gasteiger partial charge in [0.1, 0.15) is 5.54 Å². The van der Waals surface area contributed by atoms with Crippen LogP contribution in [0.1, 0.15) is 52.7 Å². The van der Waals surface area contributed by atoms with Crippen LogP contribution in [0.4, 0.5) is 4.79 Å². The van der Waals surface area contributed by atoms with E-state index in [0.29, 0.717) is 0 Å². The lowest BCUT2D eigenvalue weighted by molar-refractivity contribution is -0.131. The molecule has 0 aliphatic carbocycles. The third-order valence-corrected chi connectivity index (χ3v) is 4.17. The maximum absolute atomic E-state index is 12.8. The largest absolute Gasteiger partial charge is 0.325 e. The molecule has 1 aromatic carbocycles. The number of urea groups is 1. The summed E-state index contributed by atoms with van der Waals surface area (Å²) in [4.78, 5) is 26.2. The topological polar surface area (TPSA) is 75.4 Å². The second-order valence-electron chi connectivity index (χ2n) is 8.26. The lowest BCUT2D eigenvalue weighted by atomic mass is 9.84. The number of rotatable bonds is 3. The molecule has 5 nitrogen and oxygen atoms in total. The monoisotopic (exact) mass is 317 g/mol. The number of hydrogen-bond donors (Lipinski definition) is 2. The molecule has 126 valence electrons. The summed E-state index contributed by atoms with van der Waals surface area (Å²) in [6.07, 6.45) is 0. The van der Waals surface area contributed by atoms with Crippen molar-refractivity contribution in [3.63, 3.8) is 0 Å². The van der Waals surface area contributed by atoms with Crippen molar-refractivity contribution in [1.29, 1.82) is 0 Å². The van der Waals surface area contributed by atoms with Crippen molar-refractivity contribution >= 4 is 11.9 Å². The average molecular weight is 317 g/mol. The SMILES string of the molecule is CC(C)(N)CN1C(=O)NC(C)(c2ccc(C(C)(C)C)cc2)C1=O. The van der Waals surface area contributed by atoms with Crippen LogP contribution >= 0.6 is 0 Å². The second kappa shape index (κ2) is 5.34. The molecule has 0 bridgehead atoms. The number of nitrogens with zero attached hydrogens (tertiary/aromatic N) is 1. The Hall–Kier alpha value is -1.88. The molecule has 3 amide bonds. The minimum Gasteiger partial charge on any atom is -0.324 e. The molecule has 1 heterocycles. The van der Waals surface area contributed by atoms with Crippen LogP contribution in [0.25, 0.3) is 0 Å². The minimum absolute atomic E-state index is 0.0397. The molecular weight excluding hydrogens is 290 g/mol. The van der Waals surface area contributed by atoms with E-state index in [1.807, 2.05) is 24.3 Å². The first-order chi connectivity index (χ1) is 10.3. The summed E-state index contributed by atoms with van der Waals surface area (Å²) in [5.41, 5.74) is 6.29. The van der Waals surface area contributed by atoms with Crippen molar-refractivity contribution < 1.29 is 9.59 Å². The van der Waals surface area contributed by atoms with Crippen LogP contribution < -0.4 is 11.1 Å². The van der Waals surface area contributed by atoms with Crippen molar-refractivity contribution in [1.82, 2.24) is 10.2 Å². The summed E-state index contributed by atoms with van der Waals surface area (Å²) in [5.74, 6) is -0.260. The van der Waals surface area contributed by atoms with Gasteiger partial charge in [0.15, 0.2) is 0 Å². The zero-order valence-electron chi connectivity index (χ0n) is 14.9. The first kappa shape index (κ1) is 17.5. The molecular formula is C18H27N3O2. The van der Waals surface area contributed by atoms with Gasteiger partial charge in [-0.05, 0) is 37.3 Å². The number of imide groups is 1. The molecule has 23 heavy (non-hydrogen) atoms. The highest BCUT2D eigenvalue weighted by Gasteiger charge is 2.49. The van der Waals surface area contributed by atoms with Crippen LogP contribution in [0.2, 0.25) is 0 Å². The van der Waals surface area contributed by atoms with E-state index in [-0.39, 0.29) is 17.9 Å². The highest BCUT2D eigenvalue weighted by atomic mass is 16.2. The van der Waals surface area contributed by atoms with Gasteiger partial charge >= 0.3 is 6.03 Å². The standard InChI is InChI=1S/C18H27N3O2/c1-16(2,3)12-7-9-13(10-8-12)18(6)14(22)21(15(23)20-18)11-17(4,5)19/h7-10H,11,19H2,1-6H3,(H,20,23). The Morgan fingerprint density at radius 3 is 2.04 bits per heavy atom. The van der Waals surface area contributed by atoms with Gasteiger partial charge in [-0.15, -0.1) is 0 Å². The van der Waals surface area contributed by atoms with Crippen LogP contribution in [-0.2, 0) is 15.7 Å². The summed E-state index contributed by atoms with van der Waals surface area (Å²) in [6, 6.07) is 7.45. The fourth-order valence-corrected chi connectivity index (χ4v) is 2.75. The predicted molar refractivity (Wildman–Crippen MR) is 91.0 cm³/mol. The van der Waals surface area contributed by atoms with E-state index in [2.05, 4.69) is 26.1 Å². The fraction of sp³-hybridized carbons (Fsp3) is 0.556. The quantitative estimate of drug-likeness (QED) is 0.841. The molecule has 1 aliphatic heterocycles. The first-order valence-corrected chi connectivity index (χ1v) is 7.89. The summed E-state index contributed by atoms with van der Waals surface area (Å²) in [6.45, 7) is 11.9. The van der Waals surface area contributed by atoms with Crippen molar-refractivity contribution in [3.05, 3.63) is 35.4 Å². The molecule has 3 N–H and O–H groups in total. The van der Waals surface area contributed by atoms with Gasteiger partial charge in [-0.3, -0.25) is 9.69 Å². The molecule has 1 atom stereocenters. The zero-order chi connectivity index (χ0) is 17.6. The van der Waals surface area contributed by atoms with Gasteiger partial charge in [0.2, 0.25) is 0 Å². The van der Waals surface area contributed by atoms with E-state index in [9.17, 15) is 9.59 Å². The van der Waals surface area contributed by atoms with Gasteiger partial charge in [-0.1, -0.05) is 45.0 Å². The average Bonchev–Trinajstić information content (AvgIpc) is 2.61. The Morgan fingerprint density at radius 2 is 1.61 bits per heavy atom. The van der Waals surface area contributed by atoms with Crippen molar-refractivity contribution in [2.45, 2.75) is 58.0 Å². The Bertz CT molecular complexity index is 623. The van der Waals surface area contributed by atoms with Gasteiger partial charge in [0.25, 0.3) is 5.91 Å². The van der Waals surface area contributed by atoms with Crippen LogP contribution in [0, 0.1) is 0 Å². The molecule has 0 saturated carbocycles. The third kappa shape index (κ3) is 3.39. The van der Waals surface area contributed by atoms with Crippen LogP contribution in [0.5, 0.6) is 0 Å². The van der Waals surface area contributed by atoms with Gasteiger partial charge in [-0.25, -0.2) is 4.79 Å². The van der Waals surface area contributed by atoms with Gasteiger partial charge < -0.3 is 11.1 Å². The Morgan fingerprint density at radius 1 is 1.09 bits per heavy atom. The van der Waals surface area contributed by atoms with Crippen LogP contribution in [-0.4, -0.2) is 28.9 Å². The summed E-state index contributed by atoms with van der Waals surface area (Å²) in [7, 11) is 0. The van der Waals surface area contributed by atoms with Crippen molar-refractivity contribution in [3.8, 4) is 0 Å². The summed E-state index contributed by atoms with van der Waals surface area (Å²) in [5, 5.41) is 2.81. The molecule has 1 saturated heterocycles. The van der Waals surface area contributed by atoms with E-state index in [1.54, 1.807) is 20.8 Å². The Balaban J connectivity index is 2.32. The predicted octanol–water partition coefficient (Wildman–Crippen LogP) is 2.49. The highest BCUT2D eigenvalue weighted by Crippen LogP contribution is 2.31. The lowest BCUT2D eigenvalue weighted by Crippen LogP contribution is -2.48. The number of carbonyl (C=O) groups is 2. The van der Waals surface area contributed by atoms with Gasteiger partial charge in [-0.2, -0.15) is 0 Å². The Kier molecular flexibility index (Phi) is 4.06. The maximum atomic E-state index is 12.8. The molecule has 5 heteroatoms. The van der Waals surface area contributed by atoms with E-state index < -0.39 is 17.1 Å². The van der Waals surface area contributed by atoms with E-state index in [1.165, 1.54) is 10.5 Å². The number of amides is 3. The molecule has 2 rings (SSSR count). The normalized spacial score (nSPS) is 22.5. The number of nitrogens with two attached hydrogens (primary N) is 1. The molecule has 1 unspecified atom stereocenters. The number of carbonyl (C=O) groups excluding carboxylic acids is 2. The molecule has 0 aromatic heterocycles. The number of nitrogens with one attached hydrogen (secondary N) is 1. The number of benzene rings is 1. The highest BCUT2D eigenvalue weighted by molar-refractivity contribution is 6.07. The smallest absolute Gasteiger partial charge is 0.324 e. The summed E-state index contributed by atoms with van der Waals surface area (Å²) < 4.78 is 0. The van der Waals surface area contributed by atoms with Gasteiger partial charge in [0, 0.05) is 12.1 Å². The molecule has 1 aromatic rings. The number of hydrogen-bond acceptors (Lipinski definition) is 3. The third-order valence-electron chi connectivity index (χ3n) is 4.17. The molecule has 1 fully saturated rings. The fourth-order valence-electron chi connectivity index (χ4n) is 2.75. The van der Waals surface area contributed by atoms with Gasteiger partial charge in [0.05, 0.1) is 0 Å². The van der Waals surface area contributed by atoms with E-state index in [0.717, 1.165) is 5.56 Å². The lowest BCUT2D eigenvalue weighted by Gasteiger charge is -2.27. The van der Waals surface area contributed by atoms with Crippen LogP contribution in [0.3, 0.4) is 0 Å². The van der Waals surface area contributed by atoms with Crippen LogP contribution in [0.15, 0.2) is 24.3 Å².